The molecule has 0 aromatic carbocycles. The molecule has 3 aromatic heterocycles. The van der Waals surface area contributed by atoms with Crippen molar-refractivity contribution in [2.24, 2.45) is 0 Å². The molecule has 2 atom stereocenters. The lowest BCUT2D eigenvalue weighted by Crippen LogP contribution is -2.33. The first-order valence-electron chi connectivity index (χ1n) is 9.88. The van der Waals surface area contributed by atoms with E-state index in [1.165, 1.54) is 23.9 Å². The number of aromatic nitrogens is 4. The van der Waals surface area contributed by atoms with E-state index in [-0.39, 0.29) is 0 Å². The molecular weight excluding hydrogens is 357 g/mol. The van der Waals surface area contributed by atoms with Gasteiger partial charge < -0.3 is 9.67 Å². The summed E-state index contributed by atoms with van der Waals surface area (Å²) in [5, 5.41) is 11.2. The van der Waals surface area contributed by atoms with Gasteiger partial charge in [-0.1, -0.05) is 6.07 Å². The number of aliphatic hydroxyl groups is 1. The van der Waals surface area contributed by atoms with E-state index >= 15 is 0 Å². The molecule has 7 heteroatoms. The highest BCUT2D eigenvalue weighted by molar-refractivity contribution is 5.79. The number of hydrogen-bond acceptors (Lipinski definition) is 5. The number of halogens is 1. The van der Waals surface area contributed by atoms with E-state index in [1.807, 2.05) is 12.1 Å². The van der Waals surface area contributed by atoms with Gasteiger partial charge in [-0.05, 0) is 32.4 Å². The minimum Gasteiger partial charge on any atom is -0.384 e. The SMILES string of the molecule is CC(O)(Cn1c2c(c3nc(CF)cnc31)C1CCCN1CC2)c1cccnc1. The van der Waals surface area contributed by atoms with Crippen LogP contribution in [0.25, 0.3) is 11.2 Å². The first kappa shape index (κ1) is 17.7. The number of fused-ring (bicyclic) bond motifs is 5. The molecule has 5 rings (SSSR count). The fourth-order valence-corrected chi connectivity index (χ4v) is 4.81. The van der Waals surface area contributed by atoms with E-state index < -0.39 is 12.3 Å². The van der Waals surface area contributed by atoms with Crippen molar-refractivity contribution >= 4 is 11.2 Å². The van der Waals surface area contributed by atoms with Crippen LogP contribution in [0.15, 0.2) is 30.7 Å². The summed E-state index contributed by atoms with van der Waals surface area (Å²) in [7, 11) is 0. The molecule has 0 radical (unpaired) electrons. The Bertz CT molecular complexity index is 1020. The van der Waals surface area contributed by atoms with Gasteiger partial charge in [0, 0.05) is 48.2 Å². The van der Waals surface area contributed by atoms with Crippen molar-refractivity contribution in [1.82, 2.24) is 24.4 Å². The van der Waals surface area contributed by atoms with Gasteiger partial charge in [0.25, 0.3) is 0 Å². The average Bonchev–Trinajstić information content (AvgIpc) is 3.31. The Morgan fingerprint density at radius 2 is 2.21 bits per heavy atom. The van der Waals surface area contributed by atoms with E-state index in [4.69, 9.17) is 0 Å². The lowest BCUT2D eigenvalue weighted by molar-refractivity contribution is 0.0378. The summed E-state index contributed by atoms with van der Waals surface area (Å²) in [5.74, 6) is 0. The molecule has 0 amide bonds. The first-order chi connectivity index (χ1) is 13.6. The van der Waals surface area contributed by atoms with Crippen LogP contribution in [0.5, 0.6) is 0 Å². The second-order valence-corrected chi connectivity index (χ2v) is 8.07. The maximum atomic E-state index is 13.3. The molecule has 28 heavy (non-hydrogen) atoms. The van der Waals surface area contributed by atoms with Crippen LogP contribution in [0, 0.1) is 0 Å². The maximum absolute atomic E-state index is 13.3. The van der Waals surface area contributed by atoms with Crippen LogP contribution in [0.1, 0.15) is 48.3 Å². The Labute approximate surface area is 163 Å². The van der Waals surface area contributed by atoms with Crippen molar-refractivity contribution < 1.29 is 9.50 Å². The topological polar surface area (TPSA) is 67.1 Å². The zero-order valence-corrected chi connectivity index (χ0v) is 16.0. The van der Waals surface area contributed by atoms with Crippen LogP contribution < -0.4 is 0 Å². The molecule has 0 aliphatic carbocycles. The van der Waals surface area contributed by atoms with Crippen LogP contribution in [-0.4, -0.2) is 42.6 Å². The minimum atomic E-state index is -1.10. The molecule has 1 N–H and O–H groups in total. The fourth-order valence-electron chi connectivity index (χ4n) is 4.81. The van der Waals surface area contributed by atoms with E-state index in [0.717, 1.165) is 42.7 Å². The number of nitrogens with zero attached hydrogens (tertiary/aromatic N) is 5. The second kappa shape index (κ2) is 6.60. The predicted molar refractivity (Wildman–Crippen MR) is 103 cm³/mol. The molecule has 0 saturated carbocycles. The Morgan fingerprint density at radius 1 is 1.32 bits per heavy atom. The van der Waals surface area contributed by atoms with Gasteiger partial charge in [-0.25, -0.2) is 14.4 Å². The fraction of sp³-hybridized carbons (Fsp3) is 0.476. The van der Waals surface area contributed by atoms with Crippen LogP contribution >= 0.6 is 0 Å². The van der Waals surface area contributed by atoms with Crippen LogP contribution in [0.2, 0.25) is 0 Å². The Balaban J connectivity index is 1.67. The summed E-state index contributed by atoms with van der Waals surface area (Å²) in [6, 6.07) is 4.04. The highest BCUT2D eigenvalue weighted by Gasteiger charge is 2.38. The second-order valence-electron chi connectivity index (χ2n) is 8.07. The van der Waals surface area contributed by atoms with E-state index in [9.17, 15) is 9.50 Å². The van der Waals surface area contributed by atoms with Gasteiger partial charge in [-0.3, -0.25) is 9.88 Å². The van der Waals surface area contributed by atoms with Crippen molar-refractivity contribution in [3.8, 4) is 0 Å². The maximum Gasteiger partial charge on any atom is 0.159 e. The molecule has 0 spiro atoms. The number of pyridine rings is 1. The summed E-state index contributed by atoms with van der Waals surface area (Å²) < 4.78 is 15.4. The van der Waals surface area contributed by atoms with Gasteiger partial charge in [0.1, 0.15) is 17.8 Å². The molecule has 3 aromatic rings. The third-order valence-electron chi connectivity index (χ3n) is 6.17. The van der Waals surface area contributed by atoms with Crippen LogP contribution in [-0.2, 0) is 25.2 Å². The Morgan fingerprint density at radius 3 is 3.00 bits per heavy atom. The van der Waals surface area contributed by atoms with Crippen LogP contribution in [0.3, 0.4) is 0 Å². The molecule has 2 aliphatic rings. The number of hydrogen-bond donors (Lipinski definition) is 1. The molecule has 2 aliphatic heterocycles. The molecule has 6 nitrogen and oxygen atoms in total. The standard InChI is InChI=1S/C21H24FN5O/c1-21(28,14-4-2-7-23-11-14)13-27-17-6-9-26-8-3-5-16(26)18(17)19-20(27)24-12-15(10-22)25-19/h2,4,7,11-12,16,28H,3,5-6,8-10,13H2,1H3. The smallest absolute Gasteiger partial charge is 0.159 e. The molecule has 146 valence electrons. The summed E-state index contributed by atoms with van der Waals surface area (Å²) in [5.41, 5.74) is 3.92. The van der Waals surface area contributed by atoms with Gasteiger partial charge in [-0.2, -0.15) is 0 Å². The van der Waals surface area contributed by atoms with Gasteiger partial charge in [0.05, 0.1) is 18.4 Å². The van der Waals surface area contributed by atoms with Gasteiger partial charge >= 0.3 is 0 Å². The Hall–Kier alpha value is -2.38. The van der Waals surface area contributed by atoms with Crippen LogP contribution in [0.4, 0.5) is 4.39 Å². The van der Waals surface area contributed by atoms with Gasteiger partial charge in [0.2, 0.25) is 0 Å². The predicted octanol–water partition coefficient (Wildman–Crippen LogP) is 2.90. The molecule has 2 unspecified atom stereocenters. The molecular formula is C21H24FN5O. The third-order valence-corrected chi connectivity index (χ3v) is 6.17. The number of rotatable bonds is 4. The average molecular weight is 381 g/mol. The molecule has 1 fully saturated rings. The minimum absolute atomic E-state index is 0.319. The summed E-state index contributed by atoms with van der Waals surface area (Å²) in [6.07, 6.45) is 8.05. The lowest BCUT2D eigenvalue weighted by Gasteiger charge is -2.32. The van der Waals surface area contributed by atoms with Crippen molar-refractivity contribution in [1.29, 1.82) is 0 Å². The third kappa shape index (κ3) is 2.72. The molecule has 5 heterocycles. The van der Waals surface area contributed by atoms with Crippen molar-refractivity contribution in [3.05, 3.63) is 53.2 Å². The van der Waals surface area contributed by atoms with Crippen molar-refractivity contribution in [2.75, 3.05) is 13.1 Å². The largest absolute Gasteiger partial charge is 0.384 e. The highest BCUT2D eigenvalue weighted by atomic mass is 19.1. The normalized spacial score (nSPS) is 21.5. The van der Waals surface area contributed by atoms with Gasteiger partial charge in [-0.15, -0.1) is 0 Å². The molecule has 1 saturated heterocycles. The van der Waals surface area contributed by atoms with E-state index in [0.29, 0.717) is 18.3 Å². The Kier molecular flexibility index (Phi) is 4.17. The lowest BCUT2D eigenvalue weighted by atomic mass is 9.96. The zero-order valence-electron chi connectivity index (χ0n) is 16.0. The monoisotopic (exact) mass is 381 g/mol. The van der Waals surface area contributed by atoms with Gasteiger partial charge in [0.15, 0.2) is 5.65 Å². The van der Waals surface area contributed by atoms with E-state index in [1.54, 1.807) is 19.3 Å². The summed E-state index contributed by atoms with van der Waals surface area (Å²) in [4.78, 5) is 15.8. The van der Waals surface area contributed by atoms with Crippen molar-refractivity contribution in [3.63, 3.8) is 0 Å². The van der Waals surface area contributed by atoms with E-state index in [2.05, 4.69) is 24.4 Å². The zero-order chi connectivity index (χ0) is 19.3. The quantitative estimate of drug-likeness (QED) is 0.753. The summed E-state index contributed by atoms with van der Waals surface area (Å²) >= 11 is 0. The van der Waals surface area contributed by atoms with Crippen molar-refractivity contribution in [2.45, 2.75) is 51.0 Å². The number of alkyl halides is 1. The molecule has 0 bridgehead atoms. The first-order valence-corrected chi connectivity index (χ1v) is 9.88. The summed E-state index contributed by atoms with van der Waals surface area (Å²) in [6.45, 7) is 3.64. The highest BCUT2D eigenvalue weighted by Crippen LogP contribution is 2.42.